The average molecular weight is 343 g/mol. The van der Waals surface area contributed by atoms with Gasteiger partial charge in [-0.05, 0) is 41.3 Å². The SMILES string of the molecule is CC(C)c1ccc(-c2c(Cl)c[c]cc2Cl)cc1Br. The largest absolute Gasteiger partial charge is 0.0836 e. The Bertz CT molecular complexity index is 556. The van der Waals surface area contributed by atoms with Crippen LogP contribution >= 0.6 is 39.1 Å². The minimum Gasteiger partial charge on any atom is -0.0836 e. The molecular formula is C15H12BrCl2. The summed E-state index contributed by atoms with van der Waals surface area (Å²) in [7, 11) is 0. The molecule has 0 aromatic heterocycles. The number of hydrogen-bond acceptors (Lipinski definition) is 0. The Labute approximate surface area is 126 Å². The second-order valence-electron chi connectivity index (χ2n) is 4.42. The van der Waals surface area contributed by atoms with Crippen molar-refractivity contribution in [3.63, 3.8) is 0 Å². The van der Waals surface area contributed by atoms with Crippen LogP contribution in [-0.4, -0.2) is 0 Å². The highest BCUT2D eigenvalue weighted by atomic mass is 79.9. The maximum Gasteiger partial charge on any atom is 0.0505 e. The lowest BCUT2D eigenvalue weighted by atomic mass is 9.99. The molecule has 0 spiro atoms. The summed E-state index contributed by atoms with van der Waals surface area (Å²) in [6, 6.07) is 12.6. The quantitative estimate of drug-likeness (QED) is 0.596. The smallest absolute Gasteiger partial charge is 0.0505 e. The highest BCUT2D eigenvalue weighted by Gasteiger charge is 2.11. The molecule has 0 atom stereocenters. The summed E-state index contributed by atoms with van der Waals surface area (Å²) in [6.45, 7) is 4.33. The van der Waals surface area contributed by atoms with Crippen LogP contribution in [0.4, 0.5) is 0 Å². The van der Waals surface area contributed by atoms with E-state index in [1.54, 1.807) is 12.1 Å². The fourth-order valence-corrected chi connectivity index (χ4v) is 3.31. The first-order chi connectivity index (χ1) is 8.50. The van der Waals surface area contributed by atoms with Crippen molar-refractivity contribution in [3.8, 4) is 11.1 Å². The van der Waals surface area contributed by atoms with Crippen molar-refractivity contribution in [2.24, 2.45) is 0 Å². The summed E-state index contributed by atoms with van der Waals surface area (Å²) in [5.74, 6) is 0.475. The molecule has 3 heteroatoms. The van der Waals surface area contributed by atoms with Gasteiger partial charge in [0.2, 0.25) is 0 Å². The Morgan fingerprint density at radius 1 is 1.11 bits per heavy atom. The standard InChI is InChI=1S/C15H12BrCl2/c1-9(2)11-7-6-10(8-12(11)16)15-13(17)4-3-5-14(15)18/h4-9H,1-2H3. The van der Waals surface area contributed by atoms with Crippen molar-refractivity contribution in [2.75, 3.05) is 0 Å². The van der Waals surface area contributed by atoms with Crippen LogP contribution in [-0.2, 0) is 0 Å². The molecule has 0 aliphatic carbocycles. The molecule has 0 aliphatic heterocycles. The zero-order valence-electron chi connectivity index (χ0n) is 10.1. The van der Waals surface area contributed by atoms with Gasteiger partial charge in [0.15, 0.2) is 0 Å². The lowest BCUT2D eigenvalue weighted by molar-refractivity contribution is 0.861. The van der Waals surface area contributed by atoms with Crippen LogP contribution in [0.15, 0.2) is 34.8 Å². The molecule has 0 heterocycles. The first-order valence-electron chi connectivity index (χ1n) is 5.65. The first-order valence-corrected chi connectivity index (χ1v) is 7.20. The van der Waals surface area contributed by atoms with Crippen LogP contribution in [0, 0.1) is 6.07 Å². The van der Waals surface area contributed by atoms with Gasteiger partial charge in [-0.2, -0.15) is 0 Å². The highest BCUT2D eigenvalue weighted by molar-refractivity contribution is 9.10. The Balaban J connectivity index is 2.56. The van der Waals surface area contributed by atoms with Crippen molar-refractivity contribution < 1.29 is 0 Å². The highest BCUT2D eigenvalue weighted by Crippen LogP contribution is 2.37. The minimum absolute atomic E-state index is 0.475. The molecule has 0 amide bonds. The van der Waals surface area contributed by atoms with E-state index >= 15 is 0 Å². The Hall–Kier alpha value is -0.500. The molecular weight excluding hydrogens is 331 g/mol. The normalized spacial score (nSPS) is 11.0. The lowest BCUT2D eigenvalue weighted by Gasteiger charge is -2.12. The molecule has 18 heavy (non-hydrogen) atoms. The molecule has 2 aromatic carbocycles. The molecule has 93 valence electrons. The topological polar surface area (TPSA) is 0 Å². The fourth-order valence-electron chi connectivity index (χ4n) is 1.87. The van der Waals surface area contributed by atoms with E-state index < -0.39 is 0 Å². The first kappa shape index (κ1) is 13.9. The van der Waals surface area contributed by atoms with Gasteiger partial charge in [-0.1, -0.05) is 65.1 Å². The van der Waals surface area contributed by atoms with Crippen LogP contribution in [0.5, 0.6) is 0 Å². The molecule has 0 saturated carbocycles. The second kappa shape index (κ2) is 5.64. The number of halogens is 3. The maximum atomic E-state index is 6.19. The molecule has 0 nitrogen and oxygen atoms in total. The van der Waals surface area contributed by atoms with Gasteiger partial charge >= 0.3 is 0 Å². The average Bonchev–Trinajstić information content (AvgIpc) is 2.28. The van der Waals surface area contributed by atoms with E-state index in [1.165, 1.54) is 5.56 Å². The van der Waals surface area contributed by atoms with Crippen LogP contribution in [0.25, 0.3) is 11.1 Å². The van der Waals surface area contributed by atoms with E-state index in [0.717, 1.165) is 15.6 Å². The molecule has 2 rings (SSSR count). The van der Waals surface area contributed by atoms with Crippen LogP contribution < -0.4 is 0 Å². The summed E-state index contributed by atoms with van der Waals surface area (Å²) in [4.78, 5) is 0. The predicted octanol–water partition coefficient (Wildman–Crippen LogP) is 6.35. The minimum atomic E-state index is 0.475. The molecule has 2 aromatic rings. The number of hydrogen-bond donors (Lipinski definition) is 0. The second-order valence-corrected chi connectivity index (χ2v) is 6.09. The number of rotatable bonds is 2. The molecule has 0 bridgehead atoms. The summed E-state index contributed by atoms with van der Waals surface area (Å²) in [5, 5.41) is 1.23. The molecule has 0 unspecified atom stereocenters. The van der Waals surface area contributed by atoms with Crippen molar-refractivity contribution in [1.29, 1.82) is 0 Å². The zero-order chi connectivity index (χ0) is 13.3. The van der Waals surface area contributed by atoms with Crippen LogP contribution in [0.2, 0.25) is 10.0 Å². The fraction of sp³-hybridized carbons (Fsp3) is 0.200. The molecule has 0 saturated heterocycles. The van der Waals surface area contributed by atoms with Gasteiger partial charge in [-0.3, -0.25) is 0 Å². The van der Waals surface area contributed by atoms with E-state index in [2.05, 4.69) is 48.0 Å². The zero-order valence-corrected chi connectivity index (χ0v) is 13.2. The van der Waals surface area contributed by atoms with Gasteiger partial charge in [0.25, 0.3) is 0 Å². The Morgan fingerprint density at radius 3 is 2.22 bits per heavy atom. The van der Waals surface area contributed by atoms with Crippen LogP contribution in [0.3, 0.4) is 0 Å². The number of benzene rings is 2. The van der Waals surface area contributed by atoms with Gasteiger partial charge in [-0.25, -0.2) is 0 Å². The van der Waals surface area contributed by atoms with E-state index in [1.807, 2.05) is 6.07 Å². The van der Waals surface area contributed by atoms with Gasteiger partial charge in [-0.15, -0.1) is 0 Å². The third kappa shape index (κ3) is 2.74. The van der Waals surface area contributed by atoms with Gasteiger partial charge in [0, 0.05) is 10.0 Å². The maximum absolute atomic E-state index is 6.19. The summed E-state index contributed by atoms with van der Waals surface area (Å²) in [6.07, 6.45) is 0. The van der Waals surface area contributed by atoms with Gasteiger partial charge < -0.3 is 0 Å². The summed E-state index contributed by atoms with van der Waals surface area (Å²) >= 11 is 16.0. The van der Waals surface area contributed by atoms with Crippen molar-refractivity contribution in [3.05, 3.63) is 56.5 Å². The Morgan fingerprint density at radius 2 is 1.72 bits per heavy atom. The van der Waals surface area contributed by atoms with Crippen molar-refractivity contribution in [2.45, 2.75) is 19.8 Å². The van der Waals surface area contributed by atoms with Gasteiger partial charge in [0.1, 0.15) is 0 Å². The monoisotopic (exact) mass is 341 g/mol. The third-order valence-electron chi connectivity index (χ3n) is 2.81. The molecule has 0 fully saturated rings. The van der Waals surface area contributed by atoms with E-state index in [0.29, 0.717) is 16.0 Å². The molecule has 0 aliphatic rings. The summed E-state index contributed by atoms with van der Waals surface area (Å²) < 4.78 is 1.08. The van der Waals surface area contributed by atoms with Gasteiger partial charge in [0.05, 0.1) is 10.0 Å². The predicted molar refractivity (Wildman–Crippen MR) is 82.5 cm³/mol. The van der Waals surface area contributed by atoms with Crippen LogP contribution in [0.1, 0.15) is 25.3 Å². The van der Waals surface area contributed by atoms with E-state index in [9.17, 15) is 0 Å². The third-order valence-corrected chi connectivity index (χ3v) is 4.09. The molecule has 0 N–H and O–H groups in total. The molecule has 1 radical (unpaired) electrons. The lowest BCUT2D eigenvalue weighted by Crippen LogP contribution is -1.90. The van der Waals surface area contributed by atoms with Crippen molar-refractivity contribution >= 4 is 39.1 Å². The Kier molecular flexibility index (Phi) is 4.37. The van der Waals surface area contributed by atoms with Crippen molar-refractivity contribution in [1.82, 2.24) is 0 Å². The summed E-state index contributed by atoms with van der Waals surface area (Å²) in [5.41, 5.74) is 3.14. The van der Waals surface area contributed by atoms with E-state index in [4.69, 9.17) is 23.2 Å². The van der Waals surface area contributed by atoms with E-state index in [-0.39, 0.29) is 0 Å².